The molecule has 4 rings (SSSR count). The molecule has 0 unspecified atom stereocenters. The summed E-state index contributed by atoms with van der Waals surface area (Å²) in [5, 5.41) is 20.6. The van der Waals surface area contributed by atoms with E-state index in [1.54, 1.807) is 18.2 Å². The van der Waals surface area contributed by atoms with Crippen molar-refractivity contribution in [3.63, 3.8) is 0 Å². The van der Waals surface area contributed by atoms with Crippen LogP contribution in [0.5, 0.6) is 11.5 Å². The van der Waals surface area contributed by atoms with Crippen LogP contribution in [-0.2, 0) is 0 Å². The van der Waals surface area contributed by atoms with Gasteiger partial charge < -0.3 is 4.74 Å². The summed E-state index contributed by atoms with van der Waals surface area (Å²) < 4.78 is 6.21. The molecule has 0 aromatic heterocycles. The number of hydrogen-bond donors (Lipinski definition) is 0. The summed E-state index contributed by atoms with van der Waals surface area (Å²) in [6.45, 7) is 0. The fraction of sp³-hybridized carbons (Fsp3) is 0. The van der Waals surface area contributed by atoms with E-state index in [9.17, 15) is 10.5 Å². The fourth-order valence-electron chi connectivity index (χ4n) is 3.03. The van der Waals surface area contributed by atoms with Crippen LogP contribution in [0.25, 0.3) is 0 Å². The molecule has 4 aromatic rings. The highest BCUT2D eigenvalue weighted by Crippen LogP contribution is 2.52. The number of nitriles is 2. The third kappa shape index (κ3) is 5.15. The van der Waals surface area contributed by atoms with Crippen LogP contribution in [0, 0.1) is 22.7 Å². The topological polar surface area (TPSA) is 56.8 Å². The van der Waals surface area contributed by atoms with Crippen molar-refractivity contribution >= 4 is 58.3 Å². The van der Waals surface area contributed by atoms with Gasteiger partial charge in [0.25, 0.3) is 0 Å². The zero-order valence-corrected chi connectivity index (χ0v) is 21.2. The van der Waals surface area contributed by atoms with E-state index < -0.39 is 0 Å². The predicted molar refractivity (Wildman–Crippen MR) is 139 cm³/mol. The molecule has 0 fully saturated rings. The molecule has 0 aliphatic rings. The van der Waals surface area contributed by atoms with E-state index in [1.165, 1.54) is 23.5 Å². The van der Waals surface area contributed by atoms with Crippen molar-refractivity contribution in [1.82, 2.24) is 0 Å². The average Bonchev–Trinajstić information content (AvgIpc) is 2.86. The largest absolute Gasteiger partial charge is 0.453 e. The summed E-state index contributed by atoms with van der Waals surface area (Å²) >= 11 is 22.1. The van der Waals surface area contributed by atoms with E-state index in [-0.39, 0.29) is 32.7 Å². The lowest BCUT2D eigenvalue weighted by Crippen LogP contribution is -1.99. The number of benzene rings is 4. The standard InChI is InChI=1S/C26H13Cl3N2OS2/c27-20-12-7-13-21(23(20)29)32-24-19(15-31)18(14-30)22(28)25(33-16-8-3-1-4-9-16)26(24)34-17-10-5-2-6-11-17/h1-13H. The highest BCUT2D eigenvalue weighted by molar-refractivity contribution is 8.02. The normalized spacial score (nSPS) is 10.4. The zero-order chi connectivity index (χ0) is 24.1. The SMILES string of the molecule is N#Cc1c(Cl)c(Sc2ccccc2)c(Sc2ccccc2)c(Oc2cccc(Cl)c2Cl)c1C#N. The molecule has 0 N–H and O–H groups in total. The molecule has 0 amide bonds. The zero-order valence-electron chi connectivity index (χ0n) is 17.3. The number of hydrogen-bond acceptors (Lipinski definition) is 5. The molecule has 0 saturated carbocycles. The minimum Gasteiger partial charge on any atom is -0.453 e. The van der Waals surface area contributed by atoms with Crippen LogP contribution in [0.2, 0.25) is 15.1 Å². The van der Waals surface area contributed by atoms with Crippen LogP contribution < -0.4 is 4.74 Å². The predicted octanol–water partition coefficient (Wildman–Crippen LogP) is 9.48. The van der Waals surface area contributed by atoms with Crippen molar-refractivity contribution in [1.29, 1.82) is 10.5 Å². The molecule has 0 aliphatic carbocycles. The van der Waals surface area contributed by atoms with Gasteiger partial charge in [0.05, 0.1) is 25.4 Å². The third-order valence-electron chi connectivity index (χ3n) is 4.59. The van der Waals surface area contributed by atoms with Gasteiger partial charge in [0, 0.05) is 9.79 Å². The molecule has 0 atom stereocenters. The van der Waals surface area contributed by atoms with Gasteiger partial charge in [-0.2, -0.15) is 10.5 Å². The van der Waals surface area contributed by atoms with Crippen molar-refractivity contribution in [2.75, 3.05) is 0 Å². The van der Waals surface area contributed by atoms with Crippen LogP contribution >= 0.6 is 58.3 Å². The molecule has 8 heteroatoms. The lowest BCUT2D eigenvalue weighted by Gasteiger charge is -2.20. The van der Waals surface area contributed by atoms with Gasteiger partial charge in [0.2, 0.25) is 0 Å². The van der Waals surface area contributed by atoms with Crippen LogP contribution in [0.1, 0.15) is 11.1 Å². The first kappa shape index (κ1) is 24.4. The monoisotopic (exact) mass is 538 g/mol. The summed E-state index contributed by atoms with van der Waals surface area (Å²) in [4.78, 5) is 3.02. The molecule has 0 heterocycles. The molecule has 0 aliphatic heterocycles. The van der Waals surface area contributed by atoms with E-state index in [1.807, 2.05) is 60.7 Å². The van der Waals surface area contributed by atoms with Crippen LogP contribution in [0.4, 0.5) is 0 Å². The fourth-order valence-corrected chi connectivity index (χ4v) is 5.88. The number of nitrogens with zero attached hydrogens (tertiary/aromatic N) is 2. The maximum absolute atomic E-state index is 10.0. The quantitative estimate of drug-likeness (QED) is 0.244. The Bertz CT molecular complexity index is 1430. The second-order valence-corrected chi connectivity index (χ2v) is 10.1. The van der Waals surface area contributed by atoms with E-state index >= 15 is 0 Å². The molecule has 0 radical (unpaired) electrons. The number of ether oxygens (including phenoxy) is 1. The minimum atomic E-state index is 0.0272. The van der Waals surface area contributed by atoms with Crippen molar-refractivity contribution < 1.29 is 4.74 Å². The van der Waals surface area contributed by atoms with Gasteiger partial charge in [-0.1, -0.05) is 101 Å². The number of rotatable bonds is 6. The molecular weight excluding hydrogens is 527 g/mol. The van der Waals surface area contributed by atoms with E-state index in [2.05, 4.69) is 12.1 Å². The maximum Gasteiger partial charge on any atom is 0.161 e. The summed E-state index contributed by atoms with van der Waals surface area (Å²) in [6.07, 6.45) is 0. The van der Waals surface area contributed by atoms with E-state index in [4.69, 9.17) is 39.5 Å². The highest BCUT2D eigenvalue weighted by atomic mass is 35.5. The summed E-state index contributed by atoms with van der Waals surface area (Å²) in [5.41, 5.74) is 0.0625. The van der Waals surface area contributed by atoms with Crippen molar-refractivity contribution in [3.05, 3.63) is 105 Å². The molecular formula is C26H13Cl3N2OS2. The second-order valence-electron chi connectivity index (χ2n) is 6.76. The Balaban J connectivity index is 2.00. The first-order valence-electron chi connectivity index (χ1n) is 9.80. The van der Waals surface area contributed by atoms with Crippen molar-refractivity contribution in [2.45, 2.75) is 19.6 Å². The van der Waals surface area contributed by atoms with Gasteiger partial charge in [-0.3, -0.25) is 0 Å². The van der Waals surface area contributed by atoms with Crippen molar-refractivity contribution in [2.24, 2.45) is 0 Å². The van der Waals surface area contributed by atoms with E-state index in [0.29, 0.717) is 14.8 Å². The average molecular weight is 540 g/mol. The van der Waals surface area contributed by atoms with Crippen LogP contribution in [0.15, 0.2) is 98.4 Å². The first-order valence-corrected chi connectivity index (χ1v) is 12.6. The Labute approximate surface area is 220 Å². The molecule has 0 saturated heterocycles. The van der Waals surface area contributed by atoms with Gasteiger partial charge in [0.15, 0.2) is 5.75 Å². The minimum absolute atomic E-state index is 0.0272. The van der Waals surface area contributed by atoms with E-state index in [0.717, 1.165) is 9.79 Å². The summed E-state index contributed by atoms with van der Waals surface area (Å²) in [5.74, 6) is 0.461. The Morgan fingerprint density at radius 3 is 1.74 bits per heavy atom. The van der Waals surface area contributed by atoms with Crippen molar-refractivity contribution in [3.8, 4) is 23.6 Å². The Hall–Kier alpha value is -2.77. The molecule has 34 heavy (non-hydrogen) atoms. The van der Waals surface area contributed by atoms with Gasteiger partial charge in [0.1, 0.15) is 28.5 Å². The third-order valence-corrected chi connectivity index (χ3v) is 8.23. The van der Waals surface area contributed by atoms with Gasteiger partial charge in [-0.05, 0) is 36.4 Å². The lowest BCUT2D eigenvalue weighted by molar-refractivity contribution is 0.466. The smallest absolute Gasteiger partial charge is 0.161 e. The molecule has 0 bridgehead atoms. The Morgan fingerprint density at radius 2 is 1.18 bits per heavy atom. The first-order chi connectivity index (χ1) is 16.5. The van der Waals surface area contributed by atoms with Gasteiger partial charge in [-0.25, -0.2) is 0 Å². The van der Waals surface area contributed by atoms with Crippen LogP contribution in [-0.4, -0.2) is 0 Å². The second kappa shape index (κ2) is 11.1. The Kier molecular flexibility index (Phi) is 7.95. The summed E-state index contributed by atoms with van der Waals surface area (Å²) in [6, 6.07) is 28.4. The van der Waals surface area contributed by atoms with Crippen LogP contribution in [0.3, 0.4) is 0 Å². The molecule has 4 aromatic carbocycles. The molecule has 166 valence electrons. The highest BCUT2D eigenvalue weighted by Gasteiger charge is 2.27. The number of halogens is 3. The molecule has 0 spiro atoms. The molecule has 3 nitrogen and oxygen atoms in total. The maximum atomic E-state index is 10.0. The van der Waals surface area contributed by atoms with Gasteiger partial charge >= 0.3 is 0 Å². The lowest BCUT2D eigenvalue weighted by atomic mass is 10.1. The summed E-state index contributed by atoms with van der Waals surface area (Å²) in [7, 11) is 0. The van der Waals surface area contributed by atoms with Gasteiger partial charge in [-0.15, -0.1) is 0 Å². The Morgan fingerprint density at radius 1 is 0.618 bits per heavy atom.